The van der Waals surface area contributed by atoms with Gasteiger partial charge in [0.1, 0.15) is 28.7 Å². The molecule has 11 heteroatoms. The largest absolute Gasteiger partial charge is 0.382 e. The molecule has 41 heavy (non-hydrogen) atoms. The van der Waals surface area contributed by atoms with Crippen molar-refractivity contribution in [1.82, 2.24) is 34.9 Å². The number of nitrogens with one attached hydrogen (secondary N) is 1. The number of aromatic nitrogens is 6. The first-order valence-electron chi connectivity index (χ1n) is 12.8. The number of fused-ring (bicyclic) bond motifs is 1. The number of hydrogen-bond donors (Lipinski definition) is 2. The van der Waals surface area contributed by atoms with Crippen molar-refractivity contribution >= 4 is 5.52 Å². The van der Waals surface area contributed by atoms with Crippen molar-refractivity contribution < 1.29 is 18.3 Å². The lowest BCUT2D eigenvalue weighted by Gasteiger charge is -2.29. The van der Waals surface area contributed by atoms with Crippen LogP contribution in [-0.2, 0) is 18.7 Å². The number of aliphatic hydroxyl groups is 1. The predicted molar refractivity (Wildman–Crippen MR) is 146 cm³/mol. The molecule has 2 aromatic carbocycles. The highest BCUT2D eigenvalue weighted by Gasteiger charge is 2.33. The maximum atomic E-state index is 14.7. The van der Waals surface area contributed by atoms with Crippen LogP contribution in [0.15, 0.2) is 97.7 Å². The Hall–Kier alpha value is -4.87. The van der Waals surface area contributed by atoms with E-state index in [2.05, 4.69) is 20.6 Å². The summed E-state index contributed by atoms with van der Waals surface area (Å²) in [6.07, 6.45) is 8.27. The summed E-state index contributed by atoms with van der Waals surface area (Å²) in [5.41, 5.74) is 3.13. The molecule has 206 valence electrons. The van der Waals surface area contributed by atoms with Crippen molar-refractivity contribution in [2.45, 2.75) is 18.7 Å². The van der Waals surface area contributed by atoms with E-state index in [0.717, 1.165) is 39.9 Å². The summed E-state index contributed by atoms with van der Waals surface area (Å²) in [6.45, 7) is 0.154. The van der Waals surface area contributed by atoms with Gasteiger partial charge >= 0.3 is 0 Å². The molecular weight excluding hydrogens is 531 g/mol. The Kier molecular flexibility index (Phi) is 7.04. The molecule has 1 atom stereocenters. The highest BCUT2D eigenvalue weighted by atomic mass is 19.1. The van der Waals surface area contributed by atoms with Gasteiger partial charge < -0.3 is 10.4 Å². The van der Waals surface area contributed by atoms with E-state index in [1.165, 1.54) is 29.1 Å². The van der Waals surface area contributed by atoms with Crippen molar-refractivity contribution in [2.24, 2.45) is 0 Å². The average Bonchev–Trinajstić information content (AvgIpc) is 3.61. The summed E-state index contributed by atoms with van der Waals surface area (Å²) in [5, 5.41) is 27.2. The van der Waals surface area contributed by atoms with Crippen molar-refractivity contribution in [3.63, 3.8) is 0 Å². The van der Waals surface area contributed by atoms with Crippen LogP contribution in [0.3, 0.4) is 0 Å². The molecule has 0 aliphatic heterocycles. The molecule has 8 nitrogen and oxygen atoms in total. The average molecular weight is 556 g/mol. The predicted octanol–water partition coefficient (Wildman–Crippen LogP) is 4.75. The van der Waals surface area contributed by atoms with Gasteiger partial charge in [0, 0.05) is 60.6 Å². The number of rotatable bonds is 9. The fourth-order valence-corrected chi connectivity index (χ4v) is 4.91. The zero-order valence-corrected chi connectivity index (χ0v) is 21.6. The number of benzene rings is 2. The number of hydrogen-bond acceptors (Lipinski definition) is 6. The Morgan fingerprint density at radius 2 is 1.63 bits per heavy atom. The Labute approximate surface area is 232 Å². The van der Waals surface area contributed by atoms with Crippen LogP contribution in [0.2, 0.25) is 0 Å². The molecule has 1 unspecified atom stereocenters. The number of halogens is 3. The topological polar surface area (TPSA) is 93.2 Å². The van der Waals surface area contributed by atoms with Gasteiger partial charge in [-0.3, -0.25) is 4.98 Å². The molecule has 0 amide bonds. The molecule has 0 bridgehead atoms. The Morgan fingerprint density at radius 3 is 2.37 bits per heavy atom. The summed E-state index contributed by atoms with van der Waals surface area (Å²) >= 11 is 0. The van der Waals surface area contributed by atoms with Crippen LogP contribution in [0.25, 0.3) is 27.9 Å². The monoisotopic (exact) mass is 555 g/mol. The fraction of sp³-hybridized carbons (Fsp3) is 0.133. The van der Waals surface area contributed by atoms with Crippen LogP contribution >= 0.6 is 0 Å². The Morgan fingerprint density at radius 1 is 0.854 bits per heavy atom. The zero-order valence-electron chi connectivity index (χ0n) is 21.6. The minimum absolute atomic E-state index is 0.0599. The first-order chi connectivity index (χ1) is 19.9. The third-order valence-electron chi connectivity index (χ3n) is 6.85. The molecule has 0 saturated heterocycles. The van der Waals surface area contributed by atoms with Crippen molar-refractivity contribution in [3.05, 3.63) is 126 Å². The molecule has 0 aliphatic carbocycles. The molecule has 6 aromatic rings. The second-order valence-electron chi connectivity index (χ2n) is 9.69. The second kappa shape index (κ2) is 11.0. The van der Waals surface area contributed by atoms with Gasteiger partial charge in [-0.05, 0) is 59.7 Å². The number of nitrogens with zero attached hydrogens (tertiary/aromatic N) is 6. The SMILES string of the molecule is OC(CNCc1ccc2c(-c3ccncc3)c(-c3ccc(F)cc3)nn2c1)(Cn1ccnn1)c1ccc(F)cc1F. The minimum Gasteiger partial charge on any atom is -0.382 e. The van der Waals surface area contributed by atoms with Gasteiger partial charge in [0.15, 0.2) is 0 Å². The molecule has 6 rings (SSSR count). The lowest BCUT2D eigenvalue weighted by Crippen LogP contribution is -2.42. The third-order valence-corrected chi connectivity index (χ3v) is 6.85. The van der Waals surface area contributed by atoms with Gasteiger partial charge in [-0.2, -0.15) is 5.10 Å². The van der Waals surface area contributed by atoms with Crippen molar-refractivity contribution in [1.29, 1.82) is 0 Å². The quantitative estimate of drug-likeness (QED) is 0.268. The maximum Gasteiger partial charge on any atom is 0.132 e. The maximum absolute atomic E-state index is 14.7. The van der Waals surface area contributed by atoms with Gasteiger partial charge in [0.2, 0.25) is 0 Å². The van der Waals surface area contributed by atoms with Gasteiger partial charge in [0.25, 0.3) is 0 Å². The van der Waals surface area contributed by atoms with Gasteiger partial charge in [0.05, 0.1) is 18.3 Å². The second-order valence-corrected chi connectivity index (χ2v) is 9.69. The van der Waals surface area contributed by atoms with Crippen LogP contribution in [0.5, 0.6) is 0 Å². The molecule has 0 spiro atoms. The van der Waals surface area contributed by atoms with Crippen LogP contribution < -0.4 is 5.32 Å². The van der Waals surface area contributed by atoms with E-state index in [4.69, 9.17) is 5.10 Å². The summed E-state index contributed by atoms with van der Waals surface area (Å²) < 4.78 is 45.1. The molecule has 4 heterocycles. The van der Waals surface area contributed by atoms with E-state index in [-0.39, 0.29) is 24.5 Å². The van der Waals surface area contributed by atoms with E-state index >= 15 is 0 Å². The van der Waals surface area contributed by atoms with E-state index < -0.39 is 17.2 Å². The summed E-state index contributed by atoms with van der Waals surface area (Å²) in [5.74, 6) is -1.93. The lowest BCUT2D eigenvalue weighted by molar-refractivity contribution is 0.0113. The van der Waals surface area contributed by atoms with E-state index in [1.807, 2.05) is 30.5 Å². The molecule has 0 aliphatic rings. The third kappa shape index (κ3) is 5.45. The van der Waals surface area contributed by atoms with Gasteiger partial charge in [-0.25, -0.2) is 22.4 Å². The molecule has 0 fully saturated rings. The van der Waals surface area contributed by atoms with Gasteiger partial charge in [-0.1, -0.05) is 17.3 Å². The van der Waals surface area contributed by atoms with Gasteiger partial charge in [-0.15, -0.1) is 5.10 Å². The van der Waals surface area contributed by atoms with Crippen LogP contribution in [0, 0.1) is 17.5 Å². The highest BCUT2D eigenvalue weighted by Crippen LogP contribution is 2.35. The zero-order chi connectivity index (χ0) is 28.4. The normalized spacial score (nSPS) is 13.0. The van der Waals surface area contributed by atoms with Crippen LogP contribution in [0.4, 0.5) is 13.2 Å². The Balaban J connectivity index is 1.29. The Bertz CT molecular complexity index is 1790. The standard InChI is InChI=1S/C30H24F3N7O/c31-23-4-2-22(3-5-23)29-28(21-9-11-34-12-10-21)27-8-1-20(17-40(27)37-29)16-35-18-30(41,19-39-14-13-36-38-39)25-7-6-24(32)15-26(25)33/h1-15,17,35,41H,16,18-19H2. The molecule has 0 saturated carbocycles. The first kappa shape index (κ1) is 26.4. The van der Waals surface area contributed by atoms with E-state index in [0.29, 0.717) is 12.2 Å². The highest BCUT2D eigenvalue weighted by molar-refractivity contribution is 5.92. The molecular formula is C30H24F3N7O. The molecule has 0 radical (unpaired) electrons. The fourth-order valence-electron chi connectivity index (χ4n) is 4.91. The first-order valence-corrected chi connectivity index (χ1v) is 12.8. The lowest BCUT2D eigenvalue weighted by atomic mass is 9.92. The van der Waals surface area contributed by atoms with E-state index in [1.54, 1.807) is 35.2 Å². The van der Waals surface area contributed by atoms with Crippen molar-refractivity contribution in [2.75, 3.05) is 6.54 Å². The smallest absolute Gasteiger partial charge is 0.132 e. The molecule has 2 N–H and O–H groups in total. The van der Waals surface area contributed by atoms with Crippen LogP contribution in [-0.4, -0.2) is 41.2 Å². The van der Waals surface area contributed by atoms with Crippen molar-refractivity contribution in [3.8, 4) is 22.4 Å². The molecule has 4 aromatic heterocycles. The minimum atomic E-state index is -1.74. The van der Waals surface area contributed by atoms with Crippen LogP contribution in [0.1, 0.15) is 11.1 Å². The summed E-state index contributed by atoms with van der Waals surface area (Å²) in [6, 6.07) is 16.9. The summed E-state index contributed by atoms with van der Waals surface area (Å²) in [4.78, 5) is 4.12. The van der Waals surface area contributed by atoms with E-state index in [9.17, 15) is 18.3 Å². The number of pyridine rings is 2. The summed E-state index contributed by atoms with van der Waals surface area (Å²) in [7, 11) is 0.